The molecule has 1 saturated carbocycles. The van der Waals surface area contributed by atoms with E-state index in [1.807, 2.05) is 0 Å². The van der Waals surface area contributed by atoms with E-state index in [1.54, 1.807) is 0 Å². The van der Waals surface area contributed by atoms with Crippen LogP contribution in [0.4, 0.5) is 0 Å². The Kier molecular flexibility index (Phi) is 4.85. The monoisotopic (exact) mass is 309 g/mol. The van der Waals surface area contributed by atoms with Gasteiger partial charge in [0.25, 0.3) is 0 Å². The number of rotatable bonds is 7. The van der Waals surface area contributed by atoms with Crippen LogP contribution in [0.5, 0.6) is 0 Å². The Morgan fingerprint density at radius 2 is 1.94 bits per heavy atom. The molecular weight excluding hydrogens is 286 g/mol. The second-order valence-corrected chi connectivity index (χ2v) is 6.78. The summed E-state index contributed by atoms with van der Waals surface area (Å²) in [6.45, 7) is 5.80. The molecule has 1 N–H and O–H groups in total. The first kappa shape index (κ1) is 14.1. The molecule has 2 rings (SSSR count). The van der Waals surface area contributed by atoms with E-state index in [0.29, 0.717) is 11.5 Å². The van der Waals surface area contributed by atoms with Gasteiger partial charge in [0.1, 0.15) is 0 Å². The fraction of sp³-hybridized carbons (Fsp3) is 0.625. The fourth-order valence-electron chi connectivity index (χ4n) is 2.66. The zero-order chi connectivity index (χ0) is 13.0. The summed E-state index contributed by atoms with van der Waals surface area (Å²) >= 11 is 3.48. The molecule has 1 nitrogen and oxygen atoms in total. The third kappa shape index (κ3) is 4.10. The molecule has 0 heterocycles. The first-order valence-corrected chi connectivity index (χ1v) is 7.91. The molecule has 18 heavy (non-hydrogen) atoms. The SMILES string of the molecule is CCCC1(CNC(C)Cc2ccc(Br)cc2)CC1. The molecule has 0 spiro atoms. The summed E-state index contributed by atoms with van der Waals surface area (Å²) in [5, 5.41) is 3.72. The highest BCUT2D eigenvalue weighted by Gasteiger charge is 2.40. The maximum absolute atomic E-state index is 3.72. The van der Waals surface area contributed by atoms with Gasteiger partial charge in [-0.05, 0) is 55.7 Å². The summed E-state index contributed by atoms with van der Waals surface area (Å²) in [5.41, 5.74) is 2.07. The number of hydrogen-bond donors (Lipinski definition) is 1. The van der Waals surface area contributed by atoms with Crippen LogP contribution in [-0.4, -0.2) is 12.6 Å². The number of benzene rings is 1. The van der Waals surface area contributed by atoms with Crippen molar-refractivity contribution in [2.24, 2.45) is 5.41 Å². The van der Waals surface area contributed by atoms with Crippen molar-refractivity contribution >= 4 is 15.9 Å². The van der Waals surface area contributed by atoms with Crippen molar-refractivity contribution in [1.29, 1.82) is 0 Å². The lowest BCUT2D eigenvalue weighted by Gasteiger charge is -2.19. The van der Waals surface area contributed by atoms with Crippen LogP contribution in [-0.2, 0) is 6.42 Å². The Bertz CT molecular complexity index is 367. The Morgan fingerprint density at radius 1 is 1.28 bits per heavy atom. The van der Waals surface area contributed by atoms with Crippen LogP contribution in [0.25, 0.3) is 0 Å². The van der Waals surface area contributed by atoms with Gasteiger partial charge in [-0.2, -0.15) is 0 Å². The summed E-state index contributed by atoms with van der Waals surface area (Å²) in [5.74, 6) is 0. The van der Waals surface area contributed by atoms with E-state index in [4.69, 9.17) is 0 Å². The van der Waals surface area contributed by atoms with E-state index in [2.05, 4.69) is 59.4 Å². The van der Waals surface area contributed by atoms with E-state index in [0.717, 1.165) is 10.9 Å². The fourth-order valence-corrected chi connectivity index (χ4v) is 2.92. The molecule has 1 aliphatic rings. The zero-order valence-electron chi connectivity index (χ0n) is 11.5. The maximum atomic E-state index is 3.72. The van der Waals surface area contributed by atoms with Crippen molar-refractivity contribution in [3.63, 3.8) is 0 Å². The lowest BCUT2D eigenvalue weighted by molar-refractivity contribution is 0.392. The van der Waals surface area contributed by atoms with E-state index in [1.165, 1.54) is 37.8 Å². The van der Waals surface area contributed by atoms with Crippen LogP contribution < -0.4 is 5.32 Å². The molecule has 1 aliphatic carbocycles. The van der Waals surface area contributed by atoms with Gasteiger partial charge in [-0.1, -0.05) is 41.4 Å². The number of halogens is 1. The summed E-state index contributed by atoms with van der Waals surface area (Å²) in [4.78, 5) is 0. The maximum Gasteiger partial charge on any atom is 0.0175 e. The molecule has 0 saturated heterocycles. The van der Waals surface area contributed by atoms with E-state index in [-0.39, 0.29) is 0 Å². The molecule has 1 aromatic rings. The smallest absolute Gasteiger partial charge is 0.0175 e. The van der Waals surface area contributed by atoms with Gasteiger partial charge in [0.2, 0.25) is 0 Å². The van der Waals surface area contributed by atoms with Gasteiger partial charge in [0.05, 0.1) is 0 Å². The largest absolute Gasteiger partial charge is 0.313 e. The molecule has 0 amide bonds. The predicted octanol–water partition coefficient (Wildman–Crippen LogP) is 4.55. The first-order valence-electron chi connectivity index (χ1n) is 7.11. The van der Waals surface area contributed by atoms with Crippen LogP contribution >= 0.6 is 15.9 Å². The third-order valence-electron chi connectivity index (χ3n) is 4.02. The minimum Gasteiger partial charge on any atom is -0.313 e. The molecule has 1 aromatic carbocycles. The third-order valence-corrected chi connectivity index (χ3v) is 4.55. The van der Waals surface area contributed by atoms with E-state index in [9.17, 15) is 0 Å². The average molecular weight is 310 g/mol. The Hall–Kier alpha value is -0.340. The zero-order valence-corrected chi connectivity index (χ0v) is 13.1. The van der Waals surface area contributed by atoms with Crippen molar-refractivity contribution < 1.29 is 0 Å². The molecular formula is C16H24BrN. The predicted molar refractivity (Wildman–Crippen MR) is 81.9 cm³/mol. The molecule has 100 valence electrons. The van der Waals surface area contributed by atoms with Crippen molar-refractivity contribution in [3.8, 4) is 0 Å². The summed E-state index contributed by atoms with van der Waals surface area (Å²) in [6.07, 6.45) is 6.70. The van der Waals surface area contributed by atoms with Gasteiger partial charge >= 0.3 is 0 Å². The van der Waals surface area contributed by atoms with Gasteiger partial charge < -0.3 is 5.32 Å². The van der Waals surface area contributed by atoms with Crippen LogP contribution in [0, 0.1) is 5.41 Å². The Balaban J connectivity index is 1.75. The van der Waals surface area contributed by atoms with Gasteiger partial charge in [-0.25, -0.2) is 0 Å². The van der Waals surface area contributed by atoms with Crippen molar-refractivity contribution in [1.82, 2.24) is 5.32 Å². The lowest BCUT2D eigenvalue weighted by atomic mass is 9.99. The quantitative estimate of drug-likeness (QED) is 0.779. The molecule has 0 aromatic heterocycles. The highest BCUT2D eigenvalue weighted by Crippen LogP contribution is 2.48. The second-order valence-electron chi connectivity index (χ2n) is 5.86. The second kappa shape index (κ2) is 6.21. The standard InChI is InChI=1S/C16H24BrN/c1-3-8-16(9-10-16)12-18-13(2)11-14-4-6-15(17)7-5-14/h4-7,13,18H,3,8-12H2,1-2H3. The topological polar surface area (TPSA) is 12.0 Å². The van der Waals surface area contributed by atoms with Gasteiger partial charge in [0, 0.05) is 17.1 Å². The van der Waals surface area contributed by atoms with Crippen molar-refractivity contribution in [2.45, 2.75) is 52.0 Å². The van der Waals surface area contributed by atoms with Gasteiger partial charge in [-0.15, -0.1) is 0 Å². The van der Waals surface area contributed by atoms with Gasteiger partial charge in [0.15, 0.2) is 0 Å². The first-order chi connectivity index (χ1) is 8.63. The highest BCUT2D eigenvalue weighted by atomic mass is 79.9. The number of hydrogen-bond acceptors (Lipinski definition) is 1. The van der Waals surface area contributed by atoms with Crippen LogP contribution in [0.1, 0.15) is 45.1 Å². The normalized spacial score (nSPS) is 18.6. The molecule has 1 fully saturated rings. The van der Waals surface area contributed by atoms with Crippen LogP contribution in [0.15, 0.2) is 28.7 Å². The lowest BCUT2D eigenvalue weighted by Crippen LogP contribution is -2.33. The molecule has 1 unspecified atom stereocenters. The molecule has 2 heteroatoms. The average Bonchev–Trinajstić information content (AvgIpc) is 3.11. The summed E-state index contributed by atoms with van der Waals surface area (Å²) < 4.78 is 1.16. The number of nitrogens with one attached hydrogen (secondary N) is 1. The highest BCUT2D eigenvalue weighted by molar-refractivity contribution is 9.10. The van der Waals surface area contributed by atoms with Crippen LogP contribution in [0.2, 0.25) is 0 Å². The molecule has 0 bridgehead atoms. The minimum absolute atomic E-state index is 0.570. The van der Waals surface area contributed by atoms with Crippen LogP contribution in [0.3, 0.4) is 0 Å². The molecule has 0 aliphatic heterocycles. The molecule has 0 radical (unpaired) electrons. The van der Waals surface area contributed by atoms with Crippen molar-refractivity contribution in [2.75, 3.05) is 6.54 Å². The van der Waals surface area contributed by atoms with E-state index < -0.39 is 0 Å². The van der Waals surface area contributed by atoms with Gasteiger partial charge in [-0.3, -0.25) is 0 Å². The Labute approximate surface area is 119 Å². The molecule has 1 atom stereocenters. The summed E-state index contributed by atoms with van der Waals surface area (Å²) in [6, 6.07) is 9.24. The summed E-state index contributed by atoms with van der Waals surface area (Å²) in [7, 11) is 0. The van der Waals surface area contributed by atoms with Crippen molar-refractivity contribution in [3.05, 3.63) is 34.3 Å². The van der Waals surface area contributed by atoms with E-state index >= 15 is 0 Å². The Morgan fingerprint density at radius 3 is 2.50 bits per heavy atom. The minimum atomic E-state index is 0.570.